The number of hydrogen-bond donors (Lipinski definition) is 0. The molecule has 1 aromatic carbocycles. The first kappa shape index (κ1) is 12.3. The zero-order chi connectivity index (χ0) is 12.0. The average Bonchev–Trinajstić information content (AvgIpc) is 2.27. The van der Waals surface area contributed by atoms with Crippen molar-refractivity contribution in [1.29, 1.82) is 0 Å². The van der Waals surface area contributed by atoms with Crippen LogP contribution in [0, 0.1) is 6.92 Å². The van der Waals surface area contributed by atoms with Crippen molar-refractivity contribution in [2.45, 2.75) is 13.8 Å². The molecule has 3 heteroatoms. The van der Waals surface area contributed by atoms with Gasteiger partial charge in [-0.1, -0.05) is 12.1 Å². The molecule has 3 nitrogen and oxygen atoms in total. The van der Waals surface area contributed by atoms with Crippen LogP contribution in [0.2, 0.25) is 0 Å². The highest BCUT2D eigenvalue weighted by atomic mass is 16.5. The van der Waals surface area contributed by atoms with Crippen LogP contribution in [0.25, 0.3) is 6.08 Å². The van der Waals surface area contributed by atoms with Crippen LogP contribution in [0.5, 0.6) is 5.75 Å². The van der Waals surface area contributed by atoms with Crippen LogP contribution in [-0.4, -0.2) is 19.7 Å². The summed E-state index contributed by atoms with van der Waals surface area (Å²) in [5, 5.41) is 0. The summed E-state index contributed by atoms with van der Waals surface area (Å²) < 4.78 is 10.0. The van der Waals surface area contributed by atoms with Crippen LogP contribution in [0.15, 0.2) is 24.3 Å². The van der Waals surface area contributed by atoms with Crippen molar-refractivity contribution in [1.82, 2.24) is 0 Å². The van der Waals surface area contributed by atoms with Gasteiger partial charge in [-0.3, -0.25) is 0 Å². The van der Waals surface area contributed by atoms with Gasteiger partial charge >= 0.3 is 5.97 Å². The summed E-state index contributed by atoms with van der Waals surface area (Å²) in [5.41, 5.74) is 1.98. The summed E-state index contributed by atoms with van der Waals surface area (Å²) in [4.78, 5) is 11.1. The van der Waals surface area contributed by atoms with Crippen molar-refractivity contribution >= 4 is 12.0 Å². The Balaban J connectivity index is 2.84. The first-order valence-electron chi connectivity index (χ1n) is 5.17. The molecule has 0 amide bonds. The molecule has 0 aromatic heterocycles. The second kappa shape index (κ2) is 5.95. The minimum absolute atomic E-state index is 0.342. The van der Waals surface area contributed by atoms with E-state index in [1.54, 1.807) is 20.1 Å². The van der Waals surface area contributed by atoms with Gasteiger partial charge < -0.3 is 9.47 Å². The average molecular weight is 220 g/mol. The van der Waals surface area contributed by atoms with Crippen molar-refractivity contribution in [2.24, 2.45) is 0 Å². The lowest BCUT2D eigenvalue weighted by molar-refractivity contribution is -0.137. The Kier molecular flexibility index (Phi) is 4.58. The molecule has 1 aromatic rings. The van der Waals surface area contributed by atoms with E-state index in [9.17, 15) is 4.79 Å². The largest absolute Gasteiger partial charge is 0.496 e. The van der Waals surface area contributed by atoms with E-state index < -0.39 is 0 Å². The number of hydrogen-bond acceptors (Lipinski definition) is 3. The van der Waals surface area contributed by atoms with Gasteiger partial charge in [-0.25, -0.2) is 4.79 Å². The van der Waals surface area contributed by atoms with E-state index in [4.69, 9.17) is 9.47 Å². The summed E-state index contributed by atoms with van der Waals surface area (Å²) in [6.07, 6.45) is 3.09. The Morgan fingerprint density at radius 3 is 2.81 bits per heavy atom. The molecule has 0 radical (unpaired) electrons. The van der Waals surface area contributed by atoms with Gasteiger partial charge in [0.1, 0.15) is 5.75 Å². The van der Waals surface area contributed by atoms with Crippen molar-refractivity contribution in [2.75, 3.05) is 13.7 Å². The summed E-state index contributed by atoms with van der Waals surface area (Å²) >= 11 is 0. The monoisotopic (exact) mass is 220 g/mol. The number of esters is 1. The predicted octanol–water partition coefficient (Wildman–Crippen LogP) is 2.58. The van der Waals surface area contributed by atoms with E-state index in [1.807, 2.05) is 25.1 Å². The highest BCUT2D eigenvalue weighted by Crippen LogP contribution is 2.21. The molecule has 0 bridgehead atoms. The maximum absolute atomic E-state index is 11.1. The van der Waals surface area contributed by atoms with E-state index in [0.717, 1.165) is 16.9 Å². The van der Waals surface area contributed by atoms with Gasteiger partial charge in [-0.2, -0.15) is 0 Å². The fraction of sp³-hybridized carbons (Fsp3) is 0.308. The topological polar surface area (TPSA) is 35.5 Å². The SMILES string of the molecule is CCOC(=O)C=Cc1ccc(C)cc1OC. The van der Waals surface area contributed by atoms with Crippen LogP contribution >= 0.6 is 0 Å². The molecule has 86 valence electrons. The van der Waals surface area contributed by atoms with E-state index in [-0.39, 0.29) is 5.97 Å². The van der Waals surface area contributed by atoms with Crippen molar-refractivity contribution in [3.05, 3.63) is 35.4 Å². The summed E-state index contributed by atoms with van der Waals surface area (Å²) in [7, 11) is 1.61. The third kappa shape index (κ3) is 3.42. The molecule has 0 fully saturated rings. The second-order valence-corrected chi connectivity index (χ2v) is 3.33. The zero-order valence-electron chi connectivity index (χ0n) is 9.82. The number of ether oxygens (including phenoxy) is 2. The van der Waals surface area contributed by atoms with E-state index >= 15 is 0 Å². The quantitative estimate of drug-likeness (QED) is 0.578. The van der Waals surface area contributed by atoms with Crippen LogP contribution < -0.4 is 4.74 Å². The van der Waals surface area contributed by atoms with Gasteiger partial charge in [0.25, 0.3) is 0 Å². The molecule has 0 aliphatic carbocycles. The lowest BCUT2D eigenvalue weighted by Gasteiger charge is -2.05. The van der Waals surface area contributed by atoms with Crippen molar-refractivity contribution in [3.63, 3.8) is 0 Å². The summed E-state index contributed by atoms with van der Waals surface area (Å²) in [6.45, 7) is 4.15. The minimum atomic E-state index is -0.342. The Morgan fingerprint density at radius 1 is 1.44 bits per heavy atom. The fourth-order valence-electron chi connectivity index (χ4n) is 1.30. The molecule has 0 unspecified atom stereocenters. The van der Waals surface area contributed by atoms with Crippen LogP contribution in [0.1, 0.15) is 18.1 Å². The number of carbonyl (C=O) groups excluding carboxylic acids is 1. The number of methoxy groups -OCH3 is 1. The summed E-state index contributed by atoms with van der Waals surface area (Å²) in [5.74, 6) is 0.408. The first-order chi connectivity index (χ1) is 7.67. The van der Waals surface area contributed by atoms with Gasteiger partial charge in [-0.05, 0) is 31.6 Å². The van der Waals surface area contributed by atoms with Gasteiger partial charge in [0, 0.05) is 11.6 Å². The molecule has 0 spiro atoms. The Morgan fingerprint density at radius 2 is 2.19 bits per heavy atom. The Bertz CT molecular complexity index is 394. The highest BCUT2D eigenvalue weighted by molar-refractivity contribution is 5.87. The fourth-order valence-corrected chi connectivity index (χ4v) is 1.30. The van der Waals surface area contributed by atoms with Gasteiger partial charge in [0.15, 0.2) is 0 Å². The molecule has 0 aliphatic rings. The molecule has 0 aliphatic heterocycles. The normalized spacial score (nSPS) is 10.4. The third-order valence-electron chi connectivity index (χ3n) is 2.07. The lowest BCUT2D eigenvalue weighted by atomic mass is 10.1. The molecular formula is C13H16O3. The lowest BCUT2D eigenvalue weighted by Crippen LogP contribution is -1.98. The van der Waals surface area contributed by atoms with Crippen LogP contribution in [0.3, 0.4) is 0 Å². The smallest absolute Gasteiger partial charge is 0.330 e. The second-order valence-electron chi connectivity index (χ2n) is 3.33. The molecule has 0 saturated carbocycles. The molecule has 16 heavy (non-hydrogen) atoms. The van der Waals surface area contributed by atoms with Crippen molar-refractivity contribution in [3.8, 4) is 5.75 Å². The van der Waals surface area contributed by atoms with Crippen molar-refractivity contribution < 1.29 is 14.3 Å². The van der Waals surface area contributed by atoms with Gasteiger partial charge in [0.2, 0.25) is 0 Å². The van der Waals surface area contributed by atoms with Crippen LogP contribution in [-0.2, 0) is 9.53 Å². The Hall–Kier alpha value is -1.77. The maximum Gasteiger partial charge on any atom is 0.330 e. The molecule has 1 rings (SSSR count). The van der Waals surface area contributed by atoms with Crippen LogP contribution in [0.4, 0.5) is 0 Å². The molecule has 0 saturated heterocycles. The minimum Gasteiger partial charge on any atom is -0.496 e. The predicted molar refractivity (Wildman–Crippen MR) is 63.4 cm³/mol. The van der Waals surface area contributed by atoms with E-state index in [0.29, 0.717) is 6.61 Å². The van der Waals surface area contributed by atoms with Gasteiger partial charge in [0.05, 0.1) is 13.7 Å². The van der Waals surface area contributed by atoms with E-state index in [2.05, 4.69) is 0 Å². The number of benzene rings is 1. The standard InChI is InChI=1S/C13H16O3/c1-4-16-13(14)8-7-11-6-5-10(2)9-12(11)15-3/h5-9H,4H2,1-3H3. The highest BCUT2D eigenvalue weighted by Gasteiger charge is 2.00. The molecule has 0 heterocycles. The number of carbonyl (C=O) groups is 1. The first-order valence-corrected chi connectivity index (χ1v) is 5.17. The third-order valence-corrected chi connectivity index (χ3v) is 2.07. The molecule has 0 atom stereocenters. The number of aryl methyl sites for hydroxylation is 1. The number of rotatable bonds is 4. The van der Waals surface area contributed by atoms with Gasteiger partial charge in [-0.15, -0.1) is 0 Å². The maximum atomic E-state index is 11.1. The van der Waals surface area contributed by atoms with E-state index in [1.165, 1.54) is 6.08 Å². The molecule has 0 N–H and O–H groups in total. The molecular weight excluding hydrogens is 204 g/mol. The summed E-state index contributed by atoms with van der Waals surface area (Å²) in [6, 6.07) is 5.79. The Labute approximate surface area is 95.7 Å². The zero-order valence-corrected chi connectivity index (χ0v) is 9.82.